The monoisotopic (exact) mass is 221 g/mol. The molecule has 0 bridgehead atoms. The number of aromatic nitrogens is 2. The minimum atomic E-state index is -0.519. The molecule has 0 saturated heterocycles. The molecule has 1 N–H and O–H groups in total. The van der Waals surface area contributed by atoms with Crippen LogP contribution in [0, 0.1) is 0 Å². The summed E-state index contributed by atoms with van der Waals surface area (Å²) in [7, 11) is 0. The Labute approximate surface area is 92.0 Å². The molecule has 2 heterocycles. The van der Waals surface area contributed by atoms with E-state index < -0.39 is 17.4 Å². The molecular weight excluding hydrogens is 210 g/mol. The summed E-state index contributed by atoms with van der Waals surface area (Å²) >= 11 is 0. The first-order chi connectivity index (χ1) is 7.37. The molecular formula is C10H11N3O3. The highest BCUT2D eigenvalue weighted by Gasteiger charge is 2.30. The van der Waals surface area contributed by atoms with E-state index in [0.29, 0.717) is 0 Å². The highest BCUT2D eigenvalue weighted by Crippen LogP contribution is 2.19. The van der Waals surface area contributed by atoms with Crippen molar-refractivity contribution >= 4 is 11.8 Å². The van der Waals surface area contributed by atoms with Crippen molar-refractivity contribution in [2.24, 2.45) is 0 Å². The van der Waals surface area contributed by atoms with E-state index in [1.165, 1.54) is 6.07 Å². The van der Waals surface area contributed by atoms with Gasteiger partial charge in [0.05, 0.1) is 5.56 Å². The van der Waals surface area contributed by atoms with Gasteiger partial charge in [0.1, 0.15) is 5.60 Å². The van der Waals surface area contributed by atoms with Gasteiger partial charge in [-0.15, -0.1) is 10.2 Å². The maximum atomic E-state index is 11.3. The summed E-state index contributed by atoms with van der Waals surface area (Å²) in [5.74, 6) is -0.750. The second-order valence-electron chi connectivity index (χ2n) is 4.44. The fraction of sp³-hybridized carbons (Fsp3) is 0.400. The van der Waals surface area contributed by atoms with E-state index in [4.69, 9.17) is 4.74 Å². The van der Waals surface area contributed by atoms with Crippen molar-refractivity contribution in [1.29, 1.82) is 0 Å². The van der Waals surface area contributed by atoms with Crippen LogP contribution >= 0.6 is 0 Å². The first kappa shape index (κ1) is 10.5. The molecule has 1 aromatic rings. The van der Waals surface area contributed by atoms with Gasteiger partial charge in [-0.05, 0) is 20.8 Å². The van der Waals surface area contributed by atoms with Crippen molar-refractivity contribution in [2.45, 2.75) is 26.4 Å². The average molecular weight is 221 g/mol. The molecule has 16 heavy (non-hydrogen) atoms. The van der Waals surface area contributed by atoms with Crippen molar-refractivity contribution in [3.05, 3.63) is 17.3 Å². The maximum Gasteiger partial charge on any atom is 0.279 e. The van der Waals surface area contributed by atoms with Gasteiger partial charge in [0.25, 0.3) is 11.8 Å². The zero-order valence-electron chi connectivity index (χ0n) is 9.20. The fourth-order valence-electron chi connectivity index (χ4n) is 1.31. The van der Waals surface area contributed by atoms with Gasteiger partial charge in [0, 0.05) is 6.07 Å². The lowest BCUT2D eigenvalue weighted by Gasteiger charge is -2.19. The van der Waals surface area contributed by atoms with Gasteiger partial charge in [0.15, 0.2) is 5.69 Å². The third kappa shape index (κ3) is 1.86. The fourth-order valence-corrected chi connectivity index (χ4v) is 1.31. The topological polar surface area (TPSA) is 81.2 Å². The summed E-state index contributed by atoms with van der Waals surface area (Å²) in [5.41, 5.74) is -0.173. The summed E-state index contributed by atoms with van der Waals surface area (Å²) < 4.78 is 5.45. The molecule has 0 atom stereocenters. The smallest absolute Gasteiger partial charge is 0.279 e. The predicted octanol–water partition coefficient (Wildman–Crippen LogP) is 0.537. The molecule has 1 aliphatic rings. The highest BCUT2D eigenvalue weighted by molar-refractivity contribution is 6.20. The number of nitrogens with one attached hydrogen (secondary N) is 1. The zero-order chi connectivity index (χ0) is 11.9. The van der Waals surface area contributed by atoms with E-state index in [-0.39, 0.29) is 17.1 Å². The number of imide groups is 1. The second kappa shape index (κ2) is 3.26. The summed E-state index contributed by atoms with van der Waals surface area (Å²) in [6, 6.07) is 1.42. The highest BCUT2D eigenvalue weighted by atomic mass is 16.5. The molecule has 0 aliphatic carbocycles. The maximum absolute atomic E-state index is 11.3. The number of hydrogen-bond acceptors (Lipinski definition) is 5. The lowest BCUT2D eigenvalue weighted by Crippen LogP contribution is -2.24. The van der Waals surface area contributed by atoms with Gasteiger partial charge in [0.2, 0.25) is 5.88 Å². The van der Waals surface area contributed by atoms with E-state index in [9.17, 15) is 9.59 Å². The van der Waals surface area contributed by atoms with E-state index in [1.54, 1.807) is 0 Å². The van der Waals surface area contributed by atoms with E-state index in [2.05, 4.69) is 15.5 Å². The Hall–Kier alpha value is -1.98. The van der Waals surface area contributed by atoms with Gasteiger partial charge in [-0.1, -0.05) is 0 Å². The Kier molecular flexibility index (Phi) is 2.15. The van der Waals surface area contributed by atoms with Crippen LogP contribution in [-0.2, 0) is 0 Å². The number of amides is 2. The predicted molar refractivity (Wildman–Crippen MR) is 54.2 cm³/mol. The minimum Gasteiger partial charge on any atom is -0.471 e. The molecule has 1 aliphatic heterocycles. The summed E-state index contributed by atoms with van der Waals surface area (Å²) in [4.78, 5) is 22.5. The number of fused-ring (bicyclic) bond motifs is 1. The van der Waals surface area contributed by atoms with Gasteiger partial charge in [-0.3, -0.25) is 14.9 Å². The molecule has 0 radical (unpaired) electrons. The standard InChI is InChI=1S/C10H11N3O3/c1-10(2,3)16-6-4-5-7(13-12-6)9(15)11-8(5)14/h4H,1-3H3,(H,11,14,15). The molecule has 0 spiro atoms. The molecule has 2 amide bonds. The van der Waals surface area contributed by atoms with Gasteiger partial charge in [-0.2, -0.15) is 0 Å². The van der Waals surface area contributed by atoms with Crippen LogP contribution in [-0.4, -0.2) is 27.6 Å². The van der Waals surface area contributed by atoms with Crippen LogP contribution in [0.1, 0.15) is 41.6 Å². The van der Waals surface area contributed by atoms with Gasteiger partial charge < -0.3 is 4.74 Å². The normalized spacial score (nSPS) is 14.7. The van der Waals surface area contributed by atoms with Crippen molar-refractivity contribution in [3.8, 4) is 5.88 Å². The molecule has 0 aromatic carbocycles. The van der Waals surface area contributed by atoms with Crippen molar-refractivity contribution in [1.82, 2.24) is 15.5 Å². The van der Waals surface area contributed by atoms with Crippen LogP contribution in [0.4, 0.5) is 0 Å². The number of rotatable bonds is 1. The first-order valence-electron chi connectivity index (χ1n) is 4.79. The Morgan fingerprint density at radius 2 is 1.88 bits per heavy atom. The minimum absolute atomic E-state index is 0.0475. The van der Waals surface area contributed by atoms with Gasteiger partial charge in [-0.25, -0.2) is 0 Å². The third-order valence-electron chi connectivity index (χ3n) is 1.87. The third-order valence-corrected chi connectivity index (χ3v) is 1.87. The number of hydrogen-bond donors (Lipinski definition) is 1. The summed E-state index contributed by atoms with van der Waals surface area (Å²) in [5, 5.41) is 9.54. The molecule has 0 fully saturated rings. The summed E-state index contributed by atoms with van der Waals surface area (Å²) in [6.45, 7) is 5.56. The Morgan fingerprint density at radius 3 is 2.50 bits per heavy atom. The number of carbonyl (C=O) groups is 2. The Bertz CT molecular complexity index is 477. The zero-order valence-corrected chi connectivity index (χ0v) is 9.20. The van der Waals surface area contributed by atoms with E-state index in [1.807, 2.05) is 20.8 Å². The molecule has 0 saturated carbocycles. The largest absolute Gasteiger partial charge is 0.471 e. The number of nitrogens with zero attached hydrogens (tertiary/aromatic N) is 2. The van der Waals surface area contributed by atoms with Crippen LogP contribution in [0.15, 0.2) is 6.07 Å². The van der Waals surface area contributed by atoms with Crippen LogP contribution in [0.3, 0.4) is 0 Å². The SMILES string of the molecule is CC(C)(C)Oc1cc2c(nn1)C(=O)NC2=O. The van der Waals surface area contributed by atoms with Crippen LogP contribution in [0.25, 0.3) is 0 Å². The van der Waals surface area contributed by atoms with Crippen molar-refractivity contribution < 1.29 is 14.3 Å². The lowest BCUT2D eigenvalue weighted by molar-refractivity contribution is 0.0877. The lowest BCUT2D eigenvalue weighted by atomic mass is 10.2. The molecule has 1 aromatic heterocycles. The van der Waals surface area contributed by atoms with Crippen molar-refractivity contribution in [3.63, 3.8) is 0 Å². The summed E-state index contributed by atoms with van der Waals surface area (Å²) in [6.07, 6.45) is 0. The number of ether oxygens (including phenoxy) is 1. The molecule has 0 unspecified atom stereocenters. The van der Waals surface area contributed by atoms with E-state index in [0.717, 1.165) is 0 Å². The van der Waals surface area contributed by atoms with E-state index >= 15 is 0 Å². The van der Waals surface area contributed by atoms with Crippen LogP contribution < -0.4 is 10.1 Å². The molecule has 6 heteroatoms. The molecule has 84 valence electrons. The average Bonchev–Trinajstić information content (AvgIpc) is 2.40. The van der Waals surface area contributed by atoms with Gasteiger partial charge >= 0.3 is 0 Å². The van der Waals surface area contributed by atoms with Crippen LogP contribution in [0.2, 0.25) is 0 Å². The molecule has 6 nitrogen and oxygen atoms in total. The first-order valence-corrected chi connectivity index (χ1v) is 4.79. The quantitative estimate of drug-likeness (QED) is 0.700. The number of carbonyl (C=O) groups excluding carboxylic acids is 2. The van der Waals surface area contributed by atoms with Crippen LogP contribution in [0.5, 0.6) is 5.88 Å². The Morgan fingerprint density at radius 1 is 1.19 bits per heavy atom. The Balaban J connectivity index is 2.37. The second-order valence-corrected chi connectivity index (χ2v) is 4.44. The molecule has 2 rings (SSSR count). The van der Waals surface area contributed by atoms with Crippen molar-refractivity contribution in [2.75, 3.05) is 0 Å².